The Morgan fingerprint density at radius 3 is 2.94 bits per heavy atom. The summed E-state index contributed by atoms with van der Waals surface area (Å²) in [5.74, 6) is 0.442. The fourth-order valence-corrected chi connectivity index (χ4v) is 3.84. The van der Waals surface area contributed by atoms with Crippen LogP contribution in [0.4, 0.5) is 5.69 Å². The number of carbonyl (C=O) groups excluding carboxylic acids is 1. The number of carbonyl (C=O) groups is 1. The van der Waals surface area contributed by atoms with Gasteiger partial charge in [-0.15, -0.1) is 11.3 Å². The quantitative estimate of drug-likeness (QED) is 0.414. The Bertz CT molecular complexity index is 1290. The molecule has 0 aliphatic rings. The van der Waals surface area contributed by atoms with Crippen LogP contribution in [-0.4, -0.2) is 25.1 Å². The van der Waals surface area contributed by atoms with Crippen molar-refractivity contribution in [2.24, 2.45) is 0 Å². The van der Waals surface area contributed by atoms with Crippen LogP contribution in [0.15, 0.2) is 84.8 Å². The highest BCUT2D eigenvalue weighted by molar-refractivity contribution is 7.09. The molecule has 0 bridgehead atoms. The molecule has 0 radical (unpaired) electrons. The van der Waals surface area contributed by atoms with E-state index in [2.05, 4.69) is 15.4 Å². The Morgan fingerprint density at radius 1 is 1.10 bits per heavy atom. The van der Waals surface area contributed by atoms with Gasteiger partial charge in [0.15, 0.2) is 0 Å². The molecular formula is C23H19N5O2S. The van der Waals surface area contributed by atoms with Gasteiger partial charge in [0.25, 0.3) is 5.91 Å². The first-order valence-electron chi connectivity index (χ1n) is 9.75. The van der Waals surface area contributed by atoms with Crippen LogP contribution in [0.25, 0.3) is 5.65 Å². The number of nitrogens with zero attached hydrogens (tertiary/aromatic N) is 4. The predicted molar refractivity (Wildman–Crippen MR) is 120 cm³/mol. The van der Waals surface area contributed by atoms with E-state index in [0.29, 0.717) is 30.2 Å². The SMILES string of the molecule is O=C(Nc1cnn(Cc2cn3ccccc3n2)c1)c1cccc(OCc2cccs2)c1. The van der Waals surface area contributed by atoms with Crippen molar-refractivity contribution in [3.05, 3.63) is 101 Å². The van der Waals surface area contributed by atoms with E-state index < -0.39 is 0 Å². The van der Waals surface area contributed by atoms with E-state index in [1.807, 2.05) is 64.6 Å². The van der Waals surface area contributed by atoms with Gasteiger partial charge in [-0.2, -0.15) is 5.10 Å². The zero-order valence-electron chi connectivity index (χ0n) is 16.5. The van der Waals surface area contributed by atoms with Crippen molar-refractivity contribution in [1.29, 1.82) is 0 Å². The minimum absolute atomic E-state index is 0.214. The minimum atomic E-state index is -0.214. The molecule has 31 heavy (non-hydrogen) atoms. The lowest BCUT2D eigenvalue weighted by Crippen LogP contribution is -2.11. The fourth-order valence-electron chi connectivity index (χ4n) is 3.22. The number of aromatic nitrogens is 4. The molecule has 1 amide bonds. The number of rotatable bonds is 7. The Kier molecular flexibility index (Phi) is 5.20. The first-order valence-corrected chi connectivity index (χ1v) is 10.6. The summed E-state index contributed by atoms with van der Waals surface area (Å²) in [5, 5.41) is 9.23. The van der Waals surface area contributed by atoms with Gasteiger partial charge in [-0.3, -0.25) is 9.48 Å². The van der Waals surface area contributed by atoms with E-state index in [4.69, 9.17) is 4.74 Å². The molecule has 8 heteroatoms. The minimum Gasteiger partial charge on any atom is -0.488 e. The smallest absolute Gasteiger partial charge is 0.255 e. The highest BCUT2D eigenvalue weighted by atomic mass is 32.1. The fraction of sp³-hybridized carbons (Fsp3) is 0.0870. The molecule has 0 spiro atoms. The van der Waals surface area contributed by atoms with Crippen molar-refractivity contribution in [1.82, 2.24) is 19.2 Å². The van der Waals surface area contributed by atoms with Crippen LogP contribution < -0.4 is 10.1 Å². The summed E-state index contributed by atoms with van der Waals surface area (Å²) < 4.78 is 9.51. The van der Waals surface area contributed by atoms with E-state index in [1.165, 1.54) is 0 Å². The average Bonchev–Trinajstić information content (AvgIpc) is 3.53. The first-order chi connectivity index (χ1) is 15.2. The van der Waals surface area contributed by atoms with E-state index >= 15 is 0 Å². The van der Waals surface area contributed by atoms with E-state index in [-0.39, 0.29) is 5.91 Å². The predicted octanol–water partition coefficient (Wildman–Crippen LogP) is 4.47. The van der Waals surface area contributed by atoms with Crippen LogP contribution in [0.1, 0.15) is 20.9 Å². The molecule has 0 aliphatic heterocycles. The zero-order valence-corrected chi connectivity index (χ0v) is 17.3. The standard InChI is InChI=1S/C23H19N5O2S/c29-23(17-5-3-6-20(11-17)30-16-21-7-4-10-31-21)26-18-12-24-28(14-18)15-19-13-27-9-2-1-8-22(27)25-19/h1-14H,15-16H2,(H,26,29). The van der Waals surface area contributed by atoms with E-state index in [9.17, 15) is 4.79 Å². The Hall–Kier alpha value is -3.91. The summed E-state index contributed by atoms with van der Waals surface area (Å²) in [5.41, 5.74) is 2.93. The molecule has 7 nitrogen and oxygen atoms in total. The van der Waals surface area contributed by atoms with Crippen LogP contribution in [0.5, 0.6) is 5.75 Å². The second-order valence-electron chi connectivity index (χ2n) is 6.97. The summed E-state index contributed by atoms with van der Waals surface area (Å²) >= 11 is 1.64. The summed E-state index contributed by atoms with van der Waals surface area (Å²) in [4.78, 5) is 18.4. The number of pyridine rings is 1. The Morgan fingerprint density at radius 2 is 2.06 bits per heavy atom. The molecule has 5 rings (SSSR count). The van der Waals surface area contributed by atoms with Crippen LogP contribution in [0.2, 0.25) is 0 Å². The van der Waals surface area contributed by atoms with E-state index in [0.717, 1.165) is 16.2 Å². The number of benzene rings is 1. The normalized spacial score (nSPS) is 11.0. The van der Waals surface area contributed by atoms with Gasteiger partial charge >= 0.3 is 0 Å². The first kappa shape index (κ1) is 19.1. The van der Waals surface area contributed by atoms with Crippen LogP contribution in [0, 0.1) is 0 Å². The number of imidazole rings is 1. The molecule has 5 aromatic rings. The molecule has 1 aromatic carbocycles. The number of hydrogen-bond acceptors (Lipinski definition) is 5. The zero-order chi connectivity index (χ0) is 21.0. The van der Waals surface area contributed by atoms with Crippen molar-refractivity contribution in [2.45, 2.75) is 13.2 Å². The lowest BCUT2D eigenvalue weighted by atomic mass is 10.2. The number of ether oxygens (including phenoxy) is 1. The van der Waals surface area contributed by atoms with Gasteiger partial charge in [0.2, 0.25) is 0 Å². The molecule has 0 saturated heterocycles. The molecule has 1 N–H and O–H groups in total. The van der Waals surface area contributed by atoms with E-state index in [1.54, 1.807) is 40.5 Å². The molecule has 4 aromatic heterocycles. The number of amides is 1. The molecule has 0 unspecified atom stereocenters. The number of anilines is 1. The molecule has 0 saturated carbocycles. The number of thiophene rings is 1. The van der Waals surface area contributed by atoms with Gasteiger partial charge in [0, 0.05) is 29.0 Å². The number of nitrogens with one attached hydrogen (secondary N) is 1. The molecule has 0 fully saturated rings. The van der Waals surface area contributed by atoms with Gasteiger partial charge < -0.3 is 14.5 Å². The topological polar surface area (TPSA) is 73.5 Å². The molecule has 154 valence electrons. The van der Waals surface area contributed by atoms with Crippen LogP contribution in [-0.2, 0) is 13.2 Å². The van der Waals surface area contributed by atoms with Gasteiger partial charge in [-0.25, -0.2) is 4.98 Å². The lowest BCUT2D eigenvalue weighted by molar-refractivity contribution is 0.102. The second-order valence-corrected chi connectivity index (χ2v) is 8.01. The van der Waals surface area contributed by atoms with Crippen molar-refractivity contribution in [2.75, 3.05) is 5.32 Å². The van der Waals surface area contributed by atoms with Gasteiger partial charge in [0.05, 0.1) is 24.1 Å². The third-order valence-electron chi connectivity index (χ3n) is 4.69. The van der Waals surface area contributed by atoms with Crippen molar-refractivity contribution in [3.8, 4) is 5.75 Å². The third-order valence-corrected chi connectivity index (χ3v) is 5.54. The van der Waals surface area contributed by atoms with Gasteiger partial charge in [0.1, 0.15) is 18.0 Å². The van der Waals surface area contributed by atoms with Gasteiger partial charge in [-0.1, -0.05) is 18.2 Å². The summed E-state index contributed by atoms with van der Waals surface area (Å²) in [6.45, 7) is 1.00. The van der Waals surface area contributed by atoms with Crippen molar-refractivity contribution >= 4 is 28.6 Å². The average molecular weight is 430 g/mol. The molecule has 0 atom stereocenters. The van der Waals surface area contributed by atoms with Crippen LogP contribution in [0.3, 0.4) is 0 Å². The van der Waals surface area contributed by atoms with Crippen LogP contribution >= 0.6 is 11.3 Å². The van der Waals surface area contributed by atoms with Gasteiger partial charge in [-0.05, 0) is 41.8 Å². The maximum atomic E-state index is 12.7. The molecule has 0 aliphatic carbocycles. The van der Waals surface area contributed by atoms with Crippen molar-refractivity contribution < 1.29 is 9.53 Å². The number of hydrogen-bond donors (Lipinski definition) is 1. The largest absolute Gasteiger partial charge is 0.488 e. The third kappa shape index (κ3) is 4.49. The number of fused-ring (bicyclic) bond motifs is 1. The summed E-state index contributed by atoms with van der Waals surface area (Å²) in [6, 6.07) is 17.0. The highest BCUT2D eigenvalue weighted by Gasteiger charge is 2.10. The van der Waals surface area contributed by atoms with Crippen molar-refractivity contribution in [3.63, 3.8) is 0 Å². The maximum absolute atomic E-state index is 12.7. The monoisotopic (exact) mass is 429 g/mol. The molecular weight excluding hydrogens is 410 g/mol. The Balaban J connectivity index is 1.22. The lowest BCUT2D eigenvalue weighted by Gasteiger charge is -2.07. The molecule has 4 heterocycles. The summed E-state index contributed by atoms with van der Waals surface area (Å²) in [7, 11) is 0. The Labute approximate surface area is 182 Å². The second kappa shape index (κ2) is 8.45. The maximum Gasteiger partial charge on any atom is 0.255 e. The highest BCUT2D eigenvalue weighted by Crippen LogP contribution is 2.18. The summed E-state index contributed by atoms with van der Waals surface area (Å²) in [6.07, 6.45) is 7.35.